The molecule has 0 fully saturated rings. The number of H-pyrrole nitrogens is 1. The van der Waals surface area contributed by atoms with Crippen LogP contribution in [0.3, 0.4) is 0 Å². The summed E-state index contributed by atoms with van der Waals surface area (Å²) in [5.41, 5.74) is 3.99. The number of fused-ring (bicyclic) bond motifs is 5. The maximum atomic E-state index is 12.8. The predicted molar refractivity (Wildman–Crippen MR) is 106 cm³/mol. The van der Waals surface area contributed by atoms with Crippen LogP contribution in [0.2, 0.25) is 0 Å². The highest BCUT2D eigenvalue weighted by Crippen LogP contribution is 2.44. The van der Waals surface area contributed by atoms with E-state index in [-0.39, 0.29) is 5.91 Å². The Morgan fingerprint density at radius 1 is 0.857 bits per heavy atom. The molecule has 28 heavy (non-hydrogen) atoms. The van der Waals surface area contributed by atoms with Crippen molar-refractivity contribution in [3.63, 3.8) is 0 Å². The molecule has 0 spiro atoms. The first-order valence-electron chi connectivity index (χ1n) is 8.92. The Kier molecular flexibility index (Phi) is 4.50. The van der Waals surface area contributed by atoms with Gasteiger partial charge in [-0.1, -0.05) is 0 Å². The van der Waals surface area contributed by atoms with Crippen molar-refractivity contribution in [1.82, 2.24) is 10.3 Å². The van der Waals surface area contributed by atoms with Gasteiger partial charge in [-0.15, -0.1) is 0 Å². The fraction of sp³-hybridized carbons (Fsp3) is 0.286. The lowest BCUT2D eigenvalue weighted by atomic mass is 9.93. The number of aromatic nitrogens is 1. The Morgan fingerprint density at radius 3 is 2.25 bits per heavy atom. The van der Waals surface area contributed by atoms with Crippen LogP contribution in [0, 0.1) is 0 Å². The van der Waals surface area contributed by atoms with Crippen LogP contribution >= 0.6 is 0 Å². The van der Waals surface area contributed by atoms with Gasteiger partial charge in [0.2, 0.25) is 0 Å². The number of methoxy groups -OCH3 is 4. The molecule has 0 saturated carbocycles. The van der Waals surface area contributed by atoms with Crippen LogP contribution in [0.5, 0.6) is 23.0 Å². The number of rotatable bonds is 4. The number of carbonyl (C=O) groups excluding carboxylic acids is 1. The Balaban J connectivity index is 2.11. The maximum Gasteiger partial charge on any atom is 0.268 e. The summed E-state index contributed by atoms with van der Waals surface area (Å²) in [5, 5.41) is 3.80. The quantitative estimate of drug-likeness (QED) is 0.724. The van der Waals surface area contributed by atoms with Crippen molar-refractivity contribution in [3.8, 4) is 34.1 Å². The fourth-order valence-corrected chi connectivity index (χ4v) is 3.73. The highest BCUT2D eigenvalue weighted by molar-refractivity contribution is 6.12. The molecule has 2 aromatic carbocycles. The van der Waals surface area contributed by atoms with Crippen LogP contribution in [-0.2, 0) is 6.42 Å². The summed E-state index contributed by atoms with van der Waals surface area (Å²) in [7, 11) is 6.41. The Hall–Kier alpha value is -3.35. The zero-order chi connectivity index (χ0) is 19.8. The molecular weight excluding hydrogens is 360 g/mol. The summed E-state index contributed by atoms with van der Waals surface area (Å²) >= 11 is 0. The molecule has 0 unspecified atom stereocenters. The van der Waals surface area contributed by atoms with Crippen LogP contribution in [0.15, 0.2) is 24.3 Å². The van der Waals surface area contributed by atoms with E-state index in [4.69, 9.17) is 18.9 Å². The van der Waals surface area contributed by atoms with E-state index in [9.17, 15) is 4.79 Å². The smallest absolute Gasteiger partial charge is 0.268 e. The van der Waals surface area contributed by atoms with Crippen LogP contribution < -0.4 is 24.3 Å². The molecule has 1 aliphatic rings. The van der Waals surface area contributed by atoms with E-state index in [1.165, 1.54) is 0 Å². The maximum absolute atomic E-state index is 12.8. The minimum Gasteiger partial charge on any atom is -0.497 e. The second kappa shape index (κ2) is 6.99. The second-order valence-corrected chi connectivity index (χ2v) is 6.50. The molecule has 0 saturated heterocycles. The fourth-order valence-electron chi connectivity index (χ4n) is 3.73. The predicted octanol–water partition coefficient (Wildman–Crippen LogP) is 3.16. The van der Waals surface area contributed by atoms with E-state index < -0.39 is 0 Å². The van der Waals surface area contributed by atoms with Crippen molar-refractivity contribution in [2.45, 2.75) is 6.42 Å². The van der Waals surface area contributed by atoms with Crippen LogP contribution in [-0.4, -0.2) is 45.9 Å². The summed E-state index contributed by atoms with van der Waals surface area (Å²) in [6, 6.07) is 7.58. The summed E-state index contributed by atoms with van der Waals surface area (Å²) in [6.45, 7) is 0.524. The summed E-state index contributed by atoms with van der Waals surface area (Å²) in [6.07, 6.45) is 0.675. The monoisotopic (exact) mass is 382 g/mol. The van der Waals surface area contributed by atoms with Gasteiger partial charge in [0.25, 0.3) is 5.91 Å². The lowest BCUT2D eigenvalue weighted by Crippen LogP contribution is -2.28. The lowest BCUT2D eigenvalue weighted by Gasteiger charge is -2.18. The zero-order valence-corrected chi connectivity index (χ0v) is 16.3. The molecule has 1 aliphatic heterocycles. The van der Waals surface area contributed by atoms with Crippen molar-refractivity contribution in [3.05, 3.63) is 35.5 Å². The molecule has 0 aliphatic carbocycles. The highest BCUT2D eigenvalue weighted by atomic mass is 16.5. The molecule has 146 valence electrons. The summed E-state index contributed by atoms with van der Waals surface area (Å²) < 4.78 is 21.9. The van der Waals surface area contributed by atoms with Gasteiger partial charge in [-0.05, 0) is 35.7 Å². The molecule has 7 heteroatoms. The van der Waals surface area contributed by atoms with Crippen LogP contribution in [0.4, 0.5) is 0 Å². The second-order valence-electron chi connectivity index (χ2n) is 6.50. The molecule has 3 aromatic rings. The number of carbonyl (C=O) groups is 1. The minimum atomic E-state index is -0.160. The van der Waals surface area contributed by atoms with Gasteiger partial charge in [0.1, 0.15) is 17.2 Å². The summed E-state index contributed by atoms with van der Waals surface area (Å²) in [4.78, 5) is 16.0. The van der Waals surface area contributed by atoms with Gasteiger partial charge >= 0.3 is 0 Å². The number of aromatic amines is 1. The third kappa shape index (κ3) is 2.70. The van der Waals surface area contributed by atoms with E-state index in [2.05, 4.69) is 10.3 Å². The molecule has 0 atom stereocenters. The molecular formula is C21H22N2O5. The molecule has 0 bridgehead atoms. The van der Waals surface area contributed by atoms with Crippen molar-refractivity contribution in [1.29, 1.82) is 0 Å². The van der Waals surface area contributed by atoms with Gasteiger partial charge in [-0.3, -0.25) is 4.79 Å². The SMILES string of the molecule is COc1cc(OC)c2[nH]c3c(c2c1)-c1cc(OC)c(OC)cc1CCNC3=O. The standard InChI is InChI=1S/C21H22N2O5/c1-25-12-8-14-18-13-10-16(27-3)15(26-2)7-11(13)5-6-22-21(24)20(18)23-19(14)17(9-12)28-4/h7-10,23H,5-6H2,1-4H3,(H,22,24). The average molecular weight is 382 g/mol. The third-order valence-electron chi connectivity index (χ3n) is 5.09. The van der Waals surface area contributed by atoms with Crippen molar-refractivity contribution in [2.75, 3.05) is 35.0 Å². The number of ether oxygens (including phenoxy) is 4. The van der Waals surface area contributed by atoms with Gasteiger partial charge in [-0.25, -0.2) is 0 Å². The van der Waals surface area contributed by atoms with Gasteiger partial charge < -0.3 is 29.2 Å². The van der Waals surface area contributed by atoms with Crippen molar-refractivity contribution in [2.24, 2.45) is 0 Å². The Labute approximate surface area is 162 Å². The van der Waals surface area contributed by atoms with Crippen LogP contribution in [0.1, 0.15) is 16.1 Å². The average Bonchev–Trinajstić information content (AvgIpc) is 3.10. The van der Waals surface area contributed by atoms with Crippen LogP contribution in [0.25, 0.3) is 22.0 Å². The molecule has 2 N–H and O–H groups in total. The lowest BCUT2D eigenvalue weighted by molar-refractivity contribution is 0.0950. The van der Waals surface area contributed by atoms with E-state index in [1.54, 1.807) is 34.5 Å². The number of hydrogen-bond acceptors (Lipinski definition) is 5. The number of amides is 1. The molecule has 7 nitrogen and oxygen atoms in total. The third-order valence-corrected chi connectivity index (χ3v) is 5.09. The van der Waals surface area contributed by atoms with Gasteiger partial charge in [0, 0.05) is 23.6 Å². The van der Waals surface area contributed by atoms with E-state index in [1.807, 2.05) is 18.2 Å². The molecule has 1 amide bonds. The highest BCUT2D eigenvalue weighted by Gasteiger charge is 2.26. The number of benzene rings is 2. The number of hydrogen-bond donors (Lipinski definition) is 2. The largest absolute Gasteiger partial charge is 0.497 e. The number of nitrogens with one attached hydrogen (secondary N) is 2. The Morgan fingerprint density at radius 2 is 1.57 bits per heavy atom. The molecule has 0 radical (unpaired) electrons. The summed E-state index contributed by atoms with van der Waals surface area (Å²) in [5.74, 6) is 2.36. The first kappa shape index (κ1) is 18.0. The van der Waals surface area contributed by atoms with E-state index >= 15 is 0 Å². The molecule has 4 rings (SSSR count). The van der Waals surface area contributed by atoms with Crippen molar-refractivity contribution >= 4 is 16.8 Å². The van der Waals surface area contributed by atoms with E-state index in [0.29, 0.717) is 41.7 Å². The minimum absolute atomic E-state index is 0.160. The van der Waals surface area contributed by atoms with E-state index in [0.717, 1.165) is 27.6 Å². The van der Waals surface area contributed by atoms with Crippen molar-refractivity contribution < 1.29 is 23.7 Å². The first-order valence-corrected chi connectivity index (χ1v) is 8.92. The van der Waals surface area contributed by atoms with Gasteiger partial charge in [0.15, 0.2) is 11.5 Å². The topological polar surface area (TPSA) is 81.8 Å². The molecule has 1 aromatic heterocycles. The molecule has 2 heterocycles. The zero-order valence-electron chi connectivity index (χ0n) is 16.3. The Bertz CT molecular complexity index is 1070. The van der Waals surface area contributed by atoms with Gasteiger partial charge in [0.05, 0.1) is 34.0 Å². The first-order chi connectivity index (χ1) is 13.6. The van der Waals surface area contributed by atoms with Gasteiger partial charge in [-0.2, -0.15) is 0 Å². The normalized spacial score (nSPS) is 13.1.